The first-order chi connectivity index (χ1) is 8.70. The molecule has 0 amide bonds. The summed E-state index contributed by atoms with van der Waals surface area (Å²) in [6.45, 7) is 2.29. The Morgan fingerprint density at radius 3 is 3.06 bits per heavy atom. The van der Waals surface area contributed by atoms with Crippen molar-refractivity contribution in [3.05, 3.63) is 18.1 Å². The van der Waals surface area contributed by atoms with Gasteiger partial charge in [0.2, 0.25) is 0 Å². The van der Waals surface area contributed by atoms with Crippen molar-refractivity contribution in [1.82, 2.24) is 9.97 Å². The van der Waals surface area contributed by atoms with Gasteiger partial charge in [0.15, 0.2) is 0 Å². The van der Waals surface area contributed by atoms with Crippen LogP contribution in [-0.4, -0.2) is 28.3 Å². The van der Waals surface area contributed by atoms with Gasteiger partial charge in [0, 0.05) is 11.4 Å². The van der Waals surface area contributed by atoms with Crippen LogP contribution in [0.5, 0.6) is 0 Å². The summed E-state index contributed by atoms with van der Waals surface area (Å²) >= 11 is 1.69. The van der Waals surface area contributed by atoms with Crippen molar-refractivity contribution < 1.29 is 9.53 Å². The van der Waals surface area contributed by atoms with Crippen molar-refractivity contribution in [2.75, 3.05) is 7.11 Å². The number of carbonyl (C=O) groups is 1. The van der Waals surface area contributed by atoms with E-state index in [4.69, 9.17) is 4.74 Å². The molecule has 0 aliphatic heterocycles. The average Bonchev–Trinajstić information content (AvgIpc) is 2.38. The molecule has 4 nitrogen and oxygen atoms in total. The standard InChI is InChI=1S/C13H18N2O2S/c1-9-4-3-5-10(6-9)18-12-11(13(16)17-2)7-14-8-15-12/h7-10H,3-6H2,1-2H3. The molecule has 1 heterocycles. The molecule has 0 aromatic carbocycles. The van der Waals surface area contributed by atoms with Gasteiger partial charge in [0.05, 0.1) is 7.11 Å². The number of esters is 1. The van der Waals surface area contributed by atoms with E-state index in [2.05, 4.69) is 16.9 Å². The van der Waals surface area contributed by atoms with Crippen LogP contribution in [0.4, 0.5) is 0 Å². The van der Waals surface area contributed by atoms with Crippen molar-refractivity contribution in [2.45, 2.75) is 42.9 Å². The number of aromatic nitrogens is 2. The Labute approximate surface area is 112 Å². The molecule has 1 aromatic rings. The SMILES string of the molecule is COC(=O)c1cncnc1SC1CCCC(C)C1. The molecule has 1 aliphatic rings. The molecule has 5 heteroatoms. The number of thioether (sulfide) groups is 1. The van der Waals surface area contributed by atoms with Crippen molar-refractivity contribution in [3.63, 3.8) is 0 Å². The molecule has 1 fully saturated rings. The van der Waals surface area contributed by atoms with Crippen molar-refractivity contribution in [3.8, 4) is 0 Å². The summed E-state index contributed by atoms with van der Waals surface area (Å²) in [7, 11) is 1.38. The zero-order valence-electron chi connectivity index (χ0n) is 10.8. The summed E-state index contributed by atoms with van der Waals surface area (Å²) in [5.41, 5.74) is 0.475. The Morgan fingerprint density at radius 1 is 1.50 bits per heavy atom. The van der Waals surface area contributed by atoms with E-state index in [1.54, 1.807) is 11.8 Å². The molecule has 1 aromatic heterocycles. The van der Waals surface area contributed by atoms with E-state index >= 15 is 0 Å². The quantitative estimate of drug-likeness (QED) is 0.622. The molecule has 0 saturated heterocycles. The Kier molecular flexibility index (Phi) is 4.58. The minimum atomic E-state index is -0.359. The van der Waals surface area contributed by atoms with Gasteiger partial charge in [-0.3, -0.25) is 0 Å². The summed E-state index contributed by atoms with van der Waals surface area (Å²) in [6, 6.07) is 0. The first-order valence-corrected chi connectivity index (χ1v) is 7.13. The lowest BCUT2D eigenvalue weighted by molar-refractivity contribution is 0.0595. The Bertz CT molecular complexity index is 425. The maximum absolute atomic E-state index is 11.6. The summed E-state index contributed by atoms with van der Waals surface area (Å²) in [4.78, 5) is 19.7. The normalized spacial score (nSPS) is 23.7. The number of carbonyl (C=O) groups excluding carboxylic acids is 1. The summed E-state index contributed by atoms with van der Waals surface area (Å²) in [5, 5.41) is 1.29. The Hall–Kier alpha value is -1.10. The lowest BCUT2D eigenvalue weighted by Gasteiger charge is -2.26. The predicted molar refractivity (Wildman–Crippen MR) is 70.6 cm³/mol. The van der Waals surface area contributed by atoms with Crippen molar-refractivity contribution in [2.24, 2.45) is 5.92 Å². The lowest BCUT2D eigenvalue weighted by atomic mass is 9.91. The molecule has 0 bridgehead atoms. The van der Waals surface area contributed by atoms with Crippen LogP contribution in [0.3, 0.4) is 0 Å². The maximum Gasteiger partial charge on any atom is 0.342 e. The summed E-state index contributed by atoms with van der Waals surface area (Å²) in [5.74, 6) is 0.404. The van der Waals surface area contributed by atoms with Gasteiger partial charge in [-0.2, -0.15) is 0 Å². The number of ether oxygens (including phenoxy) is 1. The van der Waals surface area contributed by atoms with Crippen LogP contribution >= 0.6 is 11.8 Å². The number of rotatable bonds is 3. The fourth-order valence-electron chi connectivity index (χ4n) is 2.31. The van der Waals surface area contributed by atoms with Gasteiger partial charge >= 0.3 is 5.97 Å². The molecular formula is C13H18N2O2S. The van der Waals surface area contributed by atoms with Crippen LogP contribution < -0.4 is 0 Å². The zero-order valence-corrected chi connectivity index (χ0v) is 11.6. The van der Waals surface area contributed by atoms with E-state index in [-0.39, 0.29) is 5.97 Å². The molecule has 18 heavy (non-hydrogen) atoms. The number of hydrogen-bond acceptors (Lipinski definition) is 5. The highest BCUT2D eigenvalue weighted by Crippen LogP contribution is 2.36. The first kappa shape index (κ1) is 13.3. The number of hydrogen-bond donors (Lipinski definition) is 0. The maximum atomic E-state index is 11.6. The molecule has 2 rings (SSSR count). The van der Waals surface area contributed by atoms with E-state index in [1.165, 1.54) is 45.3 Å². The molecule has 0 spiro atoms. The highest BCUT2D eigenvalue weighted by Gasteiger charge is 2.23. The molecular weight excluding hydrogens is 248 g/mol. The predicted octanol–water partition coefficient (Wildman–Crippen LogP) is 2.93. The minimum Gasteiger partial charge on any atom is -0.465 e. The average molecular weight is 266 g/mol. The lowest BCUT2D eigenvalue weighted by Crippen LogP contribution is -2.16. The second-order valence-corrected chi connectivity index (χ2v) is 6.03. The molecule has 2 atom stereocenters. The smallest absolute Gasteiger partial charge is 0.342 e. The van der Waals surface area contributed by atoms with Gasteiger partial charge in [-0.05, 0) is 18.8 Å². The van der Waals surface area contributed by atoms with Gasteiger partial charge in [-0.25, -0.2) is 14.8 Å². The van der Waals surface area contributed by atoms with E-state index in [0.717, 1.165) is 10.9 Å². The van der Waals surface area contributed by atoms with Crippen LogP contribution in [0.1, 0.15) is 43.0 Å². The molecule has 0 radical (unpaired) electrons. The van der Waals surface area contributed by atoms with Crippen LogP contribution in [0, 0.1) is 5.92 Å². The minimum absolute atomic E-state index is 0.359. The van der Waals surface area contributed by atoms with Crippen LogP contribution in [0.25, 0.3) is 0 Å². The molecule has 1 aliphatic carbocycles. The molecule has 1 saturated carbocycles. The third kappa shape index (κ3) is 3.22. The van der Waals surface area contributed by atoms with Gasteiger partial charge in [0.1, 0.15) is 16.9 Å². The third-order valence-corrected chi connectivity index (χ3v) is 4.56. The van der Waals surface area contributed by atoms with Crippen LogP contribution in [0.2, 0.25) is 0 Å². The number of methoxy groups -OCH3 is 1. The van der Waals surface area contributed by atoms with Gasteiger partial charge < -0.3 is 4.74 Å². The summed E-state index contributed by atoms with van der Waals surface area (Å²) in [6.07, 6.45) is 7.98. The van der Waals surface area contributed by atoms with Crippen LogP contribution in [-0.2, 0) is 4.74 Å². The van der Waals surface area contributed by atoms with E-state index in [1.807, 2.05) is 0 Å². The van der Waals surface area contributed by atoms with Crippen molar-refractivity contribution >= 4 is 17.7 Å². The first-order valence-electron chi connectivity index (χ1n) is 6.25. The van der Waals surface area contributed by atoms with Gasteiger partial charge in [0.25, 0.3) is 0 Å². The van der Waals surface area contributed by atoms with E-state index in [0.29, 0.717) is 10.8 Å². The zero-order chi connectivity index (χ0) is 13.0. The van der Waals surface area contributed by atoms with E-state index in [9.17, 15) is 4.79 Å². The van der Waals surface area contributed by atoms with E-state index < -0.39 is 0 Å². The second-order valence-electron chi connectivity index (χ2n) is 4.74. The van der Waals surface area contributed by atoms with Crippen molar-refractivity contribution in [1.29, 1.82) is 0 Å². The fourth-order valence-corrected chi connectivity index (χ4v) is 3.70. The fraction of sp³-hybridized carbons (Fsp3) is 0.615. The molecule has 0 N–H and O–H groups in total. The topological polar surface area (TPSA) is 52.1 Å². The number of nitrogens with zero attached hydrogens (tertiary/aromatic N) is 2. The molecule has 2 unspecified atom stereocenters. The van der Waals surface area contributed by atoms with Gasteiger partial charge in [-0.1, -0.05) is 19.8 Å². The van der Waals surface area contributed by atoms with Crippen LogP contribution in [0.15, 0.2) is 17.6 Å². The highest BCUT2D eigenvalue weighted by atomic mass is 32.2. The monoisotopic (exact) mass is 266 g/mol. The summed E-state index contributed by atoms with van der Waals surface area (Å²) < 4.78 is 4.75. The Morgan fingerprint density at radius 2 is 2.33 bits per heavy atom. The Balaban J connectivity index is 2.10. The highest BCUT2D eigenvalue weighted by molar-refractivity contribution is 7.99. The largest absolute Gasteiger partial charge is 0.465 e. The van der Waals surface area contributed by atoms with Gasteiger partial charge in [-0.15, -0.1) is 11.8 Å². The second kappa shape index (κ2) is 6.18. The molecule has 98 valence electrons. The third-order valence-electron chi connectivity index (χ3n) is 3.25.